The minimum atomic E-state index is -0.0998. The Labute approximate surface area is 156 Å². The summed E-state index contributed by atoms with van der Waals surface area (Å²) in [5.41, 5.74) is 6.48. The van der Waals surface area contributed by atoms with Gasteiger partial charge in [-0.15, -0.1) is 0 Å². The van der Waals surface area contributed by atoms with Crippen molar-refractivity contribution in [1.82, 2.24) is 14.9 Å². The van der Waals surface area contributed by atoms with Gasteiger partial charge in [-0.1, -0.05) is 42.5 Å². The van der Waals surface area contributed by atoms with Gasteiger partial charge in [-0.05, 0) is 34.4 Å². The molecule has 1 aliphatic heterocycles. The second kappa shape index (κ2) is 6.29. The first-order valence-electron chi connectivity index (χ1n) is 8.92. The highest BCUT2D eigenvalue weighted by molar-refractivity contribution is 6.00. The van der Waals surface area contributed by atoms with Crippen LogP contribution in [0, 0.1) is 0 Å². The lowest BCUT2D eigenvalue weighted by Crippen LogP contribution is -2.30. The quantitative estimate of drug-likeness (QED) is 0.544. The van der Waals surface area contributed by atoms with Crippen LogP contribution in [0.25, 0.3) is 22.0 Å². The summed E-state index contributed by atoms with van der Waals surface area (Å²) in [5, 5.41) is 3.91. The van der Waals surface area contributed by atoms with E-state index in [0.29, 0.717) is 13.1 Å². The minimum absolute atomic E-state index is 0.0998. The van der Waals surface area contributed by atoms with Crippen molar-refractivity contribution in [3.8, 4) is 11.1 Å². The van der Waals surface area contributed by atoms with Gasteiger partial charge in [0, 0.05) is 37.1 Å². The first kappa shape index (κ1) is 15.6. The predicted octanol–water partition coefficient (Wildman–Crippen LogP) is 4.78. The summed E-state index contributed by atoms with van der Waals surface area (Å²) in [7, 11) is 0. The number of nitrogens with one attached hydrogen (secondary N) is 2. The van der Waals surface area contributed by atoms with Gasteiger partial charge < -0.3 is 15.2 Å². The lowest BCUT2D eigenvalue weighted by Gasteiger charge is -2.15. The molecule has 1 aliphatic rings. The van der Waals surface area contributed by atoms with Gasteiger partial charge in [-0.25, -0.2) is 4.79 Å². The lowest BCUT2D eigenvalue weighted by molar-refractivity contribution is 0.212. The Morgan fingerprint density at radius 2 is 1.85 bits per heavy atom. The molecule has 0 saturated heterocycles. The summed E-state index contributed by atoms with van der Waals surface area (Å²) in [6.07, 6.45) is 5.29. The van der Waals surface area contributed by atoms with E-state index in [2.05, 4.69) is 45.6 Å². The fourth-order valence-electron chi connectivity index (χ4n) is 3.61. The Morgan fingerprint density at radius 1 is 1.00 bits per heavy atom. The average molecular weight is 354 g/mol. The Kier molecular flexibility index (Phi) is 3.64. The van der Waals surface area contributed by atoms with Crippen LogP contribution >= 0.6 is 0 Å². The van der Waals surface area contributed by atoms with Gasteiger partial charge >= 0.3 is 6.03 Å². The number of rotatable bonds is 2. The van der Waals surface area contributed by atoms with E-state index in [-0.39, 0.29) is 6.03 Å². The minimum Gasteiger partial charge on any atom is -0.359 e. The number of aromatic nitrogens is 2. The zero-order chi connectivity index (χ0) is 18.2. The number of hydrogen-bond donors (Lipinski definition) is 2. The van der Waals surface area contributed by atoms with E-state index < -0.39 is 0 Å². The molecule has 2 aromatic heterocycles. The molecule has 2 N–H and O–H groups in total. The zero-order valence-corrected chi connectivity index (χ0v) is 14.6. The van der Waals surface area contributed by atoms with Crippen molar-refractivity contribution in [1.29, 1.82) is 0 Å². The molecule has 0 fully saturated rings. The Bertz CT molecular complexity index is 1130. The molecule has 4 aromatic rings. The van der Waals surface area contributed by atoms with Crippen molar-refractivity contribution < 1.29 is 4.79 Å². The second-order valence-corrected chi connectivity index (χ2v) is 6.76. The number of anilines is 1. The molecule has 5 rings (SSSR count). The van der Waals surface area contributed by atoms with Gasteiger partial charge in [0.2, 0.25) is 0 Å². The fourth-order valence-corrected chi connectivity index (χ4v) is 3.61. The highest BCUT2D eigenvalue weighted by atomic mass is 16.2. The number of hydrogen-bond acceptors (Lipinski definition) is 2. The largest absolute Gasteiger partial charge is 0.359 e. The average Bonchev–Trinajstić information content (AvgIpc) is 3.32. The number of aromatic amines is 1. The maximum atomic E-state index is 12.8. The first-order valence-corrected chi connectivity index (χ1v) is 8.92. The molecule has 0 unspecified atom stereocenters. The molecular weight excluding hydrogens is 336 g/mol. The molecule has 0 saturated carbocycles. The van der Waals surface area contributed by atoms with Crippen LogP contribution in [-0.4, -0.2) is 20.9 Å². The van der Waals surface area contributed by atoms with Crippen molar-refractivity contribution in [3.63, 3.8) is 0 Å². The molecule has 132 valence electrons. The molecule has 0 aliphatic carbocycles. The summed E-state index contributed by atoms with van der Waals surface area (Å²) in [4.78, 5) is 21.9. The zero-order valence-electron chi connectivity index (χ0n) is 14.6. The third-order valence-corrected chi connectivity index (χ3v) is 5.05. The van der Waals surface area contributed by atoms with E-state index in [9.17, 15) is 4.79 Å². The summed E-state index contributed by atoms with van der Waals surface area (Å²) in [5.74, 6) is 0. The Morgan fingerprint density at radius 3 is 2.74 bits per heavy atom. The molecule has 2 amide bonds. The molecule has 3 heterocycles. The number of urea groups is 1. The number of pyridine rings is 1. The van der Waals surface area contributed by atoms with Crippen molar-refractivity contribution in [2.75, 3.05) is 5.32 Å². The third-order valence-electron chi connectivity index (χ3n) is 5.05. The molecule has 2 aromatic carbocycles. The van der Waals surface area contributed by atoms with E-state index in [4.69, 9.17) is 0 Å². The number of carbonyl (C=O) groups excluding carboxylic acids is 1. The normalized spacial score (nSPS) is 13.0. The van der Waals surface area contributed by atoms with Gasteiger partial charge in [0.25, 0.3) is 0 Å². The van der Waals surface area contributed by atoms with E-state index in [1.54, 1.807) is 18.6 Å². The number of benzene rings is 2. The smallest absolute Gasteiger partial charge is 0.322 e. The van der Waals surface area contributed by atoms with E-state index in [0.717, 1.165) is 16.6 Å². The van der Waals surface area contributed by atoms with Gasteiger partial charge in [0.1, 0.15) is 0 Å². The number of carbonyl (C=O) groups is 1. The fraction of sp³-hybridized carbons (Fsp3) is 0.0909. The predicted molar refractivity (Wildman–Crippen MR) is 106 cm³/mol. The van der Waals surface area contributed by atoms with Gasteiger partial charge in [-0.2, -0.15) is 0 Å². The number of amides is 2. The Hall–Kier alpha value is -3.60. The summed E-state index contributed by atoms with van der Waals surface area (Å²) >= 11 is 0. The van der Waals surface area contributed by atoms with E-state index >= 15 is 0 Å². The maximum Gasteiger partial charge on any atom is 0.322 e. The summed E-state index contributed by atoms with van der Waals surface area (Å²) in [6.45, 7) is 1.24. The first-order chi connectivity index (χ1) is 13.3. The van der Waals surface area contributed by atoms with E-state index in [1.807, 2.05) is 29.2 Å². The van der Waals surface area contributed by atoms with Crippen LogP contribution in [0.1, 0.15) is 11.1 Å². The van der Waals surface area contributed by atoms with Gasteiger partial charge in [0.05, 0.1) is 11.2 Å². The lowest BCUT2D eigenvalue weighted by atomic mass is 10.0. The van der Waals surface area contributed by atoms with E-state index in [1.165, 1.54) is 22.3 Å². The van der Waals surface area contributed by atoms with Crippen LogP contribution in [0.2, 0.25) is 0 Å². The molecular formula is C22H18N4O. The second-order valence-electron chi connectivity index (χ2n) is 6.76. The number of H-pyrrole nitrogens is 1. The van der Waals surface area contributed by atoms with Crippen LogP contribution in [0.15, 0.2) is 73.2 Å². The van der Waals surface area contributed by atoms with Crippen molar-refractivity contribution in [2.45, 2.75) is 13.1 Å². The van der Waals surface area contributed by atoms with Crippen LogP contribution in [-0.2, 0) is 13.1 Å². The molecule has 5 nitrogen and oxygen atoms in total. The maximum absolute atomic E-state index is 12.8. The van der Waals surface area contributed by atoms with Crippen LogP contribution in [0.3, 0.4) is 0 Å². The van der Waals surface area contributed by atoms with Crippen molar-refractivity contribution >= 4 is 22.6 Å². The summed E-state index contributed by atoms with van der Waals surface area (Å²) < 4.78 is 0. The highest BCUT2D eigenvalue weighted by Gasteiger charge is 2.24. The standard InChI is InChI=1S/C22H18N4O/c27-22(25-21-12-24-20-8-9-23-11-19(20)21)26-13-17-7-6-16(10-18(17)14-26)15-4-2-1-3-5-15/h1-12,24H,13-14H2,(H,25,27). The van der Waals surface area contributed by atoms with Crippen LogP contribution < -0.4 is 5.32 Å². The van der Waals surface area contributed by atoms with Gasteiger partial charge in [0.15, 0.2) is 0 Å². The Balaban J connectivity index is 1.35. The number of fused-ring (bicyclic) bond motifs is 2. The SMILES string of the molecule is O=C(Nc1c[nH]c2ccncc12)N1Cc2ccc(-c3ccccc3)cc2C1. The number of nitrogens with zero attached hydrogens (tertiary/aromatic N) is 2. The molecule has 5 heteroatoms. The van der Waals surface area contributed by atoms with Crippen molar-refractivity contribution in [3.05, 3.63) is 84.3 Å². The molecule has 0 atom stereocenters. The molecule has 0 bridgehead atoms. The molecule has 0 spiro atoms. The van der Waals surface area contributed by atoms with Crippen LogP contribution in [0.5, 0.6) is 0 Å². The van der Waals surface area contributed by atoms with Gasteiger partial charge in [-0.3, -0.25) is 4.98 Å². The molecule has 27 heavy (non-hydrogen) atoms. The third kappa shape index (κ3) is 2.83. The van der Waals surface area contributed by atoms with Crippen molar-refractivity contribution in [2.24, 2.45) is 0 Å². The molecule has 0 radical (unpaired) electrons. The highest BCUT2D eigenvalue weighted by Crippen LogP contribution is 2.29. The summed E-state index contributed by atoms with van der Waals surface area (Å²) in [6, 6.07) is 18.5. The van der Waals surface area contributed by atoms with Crippen LogP contribution in [0.4, 0.5) is 10.5 Å². The monoisotopic (exact) mass is 354 g/mol. The topological polar surface area (TPSA) is 61.0 Å².